The molecule has 2 aromatic heterocycles. The van der Waals surface area contributed by atoms with Crippen LogP contribution in [-0.2, 0) is 0 Å². The predicted molar refractivity (Wildman–Crippen MR) is 246 cm³/mol. The maximum Gasteiger partial charge on any atom is 0.137 e. The Morgan fingerprint density at radius 1 is 0.259 bits per heavy atom. The fourth-order valence-electron chi connectivity index (χ4n) is 9.26. The van der Waals surface area contributed by atoms with Gasteiger partial charge in [-0.15, -0.1) is 0 Å². The maximum atomic E-state index is 6.69. The van der Waals surface area contributed by atoms with Gasteiger partial charge in [0.05, 0.1) is 0 Å². The molecule has 4 nitrogen and oxygen atoms in total. The van der Waals surface area contributed by atoms with Crippen LogP contribution in [0.3, 0.4) is 0 Å². The van der Waals surface area contributed by atoms with Gasteiger partial charge in [-0.2, -0.15) is 0 Å². The van der Waals surface area contributed by atoms with E-state index < -0.39 is 0 Å². The number of benzene rings is 8. The molecule has 0 spiro atoms. The first kappa shape index (κ1) is 35.6. The number of furan rings is 2. The lowest BCUT2D eigenvalue weighted by molar-refractivity contribution is 0.668. The Bertz CT molecular complexity index is 2890. The Balaban J connectivity index is 1.08. The van der Waals surface area contributed by atoms with E-state index in [0.717, 1.165) is 88.8 Å². The lowest BCUT2D eigenvalue weighted by Crippen LogP contribution is -2.11. The highest BCUT2D eigenvalue weighted by atomic mass is 16.3. The lowest BCUT2D eigenvalue weighted by atomic mass is 10.0. The van der Waals surface area contributed by atoms with Crippen molar-refractivity contribution in [1.29, 1.82) is 0 Å². The summed E-state index contributed by atoms with van der Waals surface area (Å²) in [6.07, 6.45) is 0. The normalized spacial score (nSPS) is 11.8. The fraction of sp³-hybridized carbons (Fsp3) is 0.148. The number of hydrogen-bond donors (Lipinski definition) is 0. The van der Waals surface area contributed by atoms with E-state index in [9.17, 15) is 0 Å². The molecule has 0 aliphatic heterocycles. The first-order valence-electron chi connectivity index (χ1n) is 20.1. The van der Waals surface area contributed by atoms with Crippen LogP contribution in [0, 0.1) is 55.4 Å². The average Bonchev–Trinajstić information content (AvgIpc) is 3.67. The minimum absolute atomic E-state index is 0.860. The summed E-state index contributed by atoms with van der Waals surface area (Å²) in [7, 11) is 0. The second-order valence-electron chi connectivity index (χ2n) is 16.7. The van der Waals surface area contributed by atoms with Gasteiger partial charge in [-0.25, -0.2) is 0 Å². The van der Waals surface area contributed by atoms with Gasteiger partial charge in [-0.3, -0.25) is 0 Å². The molecule has 0 unspecified atom stereocenters. The molecule has 0 radical (unpaired) electrons. The fourth-order valence-corrected chi connectivity index (χ4v) is 9.26. The van der Waals surface area contributed by atoms with Crippen LogP contribution in [0.4, 0.5) is 34.1 Å². The summed E-state index contributed by atoms with van der Waals surface area (Å²) < 4.78 is 13.4. The number of hydrogen-bond acceptors (Lipinski definition) is 4. The molecule has 10 aromatic rings. The van der Waals surface area contributed by atoms with Crippen LogP contribution in [0.2, 0.25) is 0 Å². The Hall–Kier alpha value is -6.78. The van der Waals surface area contributed by atoms with Gasteiger partial charge in [-0.1, -0.05) is 24.3 Å². The van der Waals surface area contributed by atoms with E-state index >= 15 is 0 Å². The van der Waals surface area contributed by atoms with Gasteiger partial charge in [0.2, 0.25) is 0 Å². The standard InChI is InChI=1S/C54H46N2O2/c1-31-13-32(2)18-43(17-31)55(44-19-33(3)14-34(4)20-44)41-9-11-47-49-25-39-26-50-48-12-10-42(30-54(48)58-52(50)28-40(39)27-51(49)57-53(47)29-41)56(45-21-35(5)15-36(6)22-45)46-23-37(7)16-38(8)24-46/h9-30H,1-8H3. The van der Waals surface area contributed by atoms with Gasteiger partial charge in [0.15, 0.2) is 0 Å². The van der Waals surface area contributed by atoms with Crippen molar-refractivity contribution in [2.45, 2.75) is 55.4 Å². The molecule has 0 bridgehead atoms. The van der Waals surface area contributed by atoms with Crippen LogP contribution in [-0.4, -0.2) is 0 Å². The van der Waals surface area contributed by atoms with E-state index in [2.05, 4.69) is 199 Å². The number of fused-ring (bicyclic) bond motifs is 7. The predicted octanol–water partition coefficient (Wildman–Crippen LogP) is 16.0. The second kappa shape index (κ2) is 13.4. The third-order valence-electron chi connectivity index (χ3n) is 11.4. The zero-order valence-electron chi connectivity index (χ0n) is 34.4. The van der Waals surface area contributed by atoms with Crippen LogP contribution in [0.5, 0.6) is 0 Å². The first-order valence-corrected chi connectivity index (χ1v) is 20.1. The van der Waals surface area contributed by atoms with E-state index in [4.69, 9.17) is 8.83 Å². The van der Waals surface area contributed by atoms with Crippen molar-refractivity contribution in [1.82, 2.24) is 0 Å². The number of rotatable bonds is 6. The topological polar surface area (TPSA) is 32.8 Å². The maximum absolute atomic E-state index is 6.69. The molecule has 4 heteroatoms. The largest absolute Gasteiger partial charge is 0.456 e. The van der Waals surface area contributed by atoms with Crippen LogP contribution in [0.25, 0.3) is 54.6 Å². The summed E-state index contributed by atoms with van der Waals surface area (Å²) in [5, 5.41) is 6.63. The van der Waals surface area contributed by atoms with Crippen molar-refractivity contribution >= 4 is 88.8 Å². The van der Waals surface area contributed by atoms with Crippen molar-refractivity contribution in [2.75, 3.05) is 9.80 Å². The molecule has 58 heavy (non-hydrogen) atoms. The third kappa shape index (κ3) is 6.26. The van der Waals surface area contributed by atoms with Crippen molar-refractivity contribution in [2.24, 2.45) is 0 Å². The quantitative estimate of drug-likeness (QED) is 0.169. The minimum atomic E-state index is 0.860. The number of nitrogens with zero attached hydrogens (tertiary/aromatic N) is 2. The molecule has 0 fully saturated rings. The molecular formula is C54H46N2O2. The molecule has 8 aromatic carbocycles. The van der Waals surface area contributed by atoms with Gasteiger partial charge in [0, 0.05) is 67.8 Å². The Kier molecular flexibility index (Phi) is 8.24. The summed E-state index contributed by atoms with van der Waals surface area (Å²) in [4.78, 5) is 4.69. The van der Waals surface area contributed by atoms with Crippen LogP contribution >= 0.6 is 0 Å². The summed E-state index contributed by atoms with van der Waals surface area (Å²) in [6, 6.07) is 49.1. The monoisotopic (exact) mass is 754 g/mol. The summed E-state index contributed by atoms with van der Waals surface area (Å²) in [5.74, 6) is 0. The summed E-state index contributed by atoms with van der Waals surface area (Å²) in [5.41, 5.74) is 20.0. The molecule has 0 saturated carbocycles. The van der Waals surface area contributed by atoms with E-state index in [1.807, 2.05) is 0 Å². The highest BCUT2D eigenvalue weighted by Crippen LogP contribution is 2.43. The molecule has 10 rings (SSSR count). The van der Waals surface area contributed by atoms with Crippen molar-refractivity contribution in [3.63, 3.8) is 0 Å². The SMILES string of the molecule is Cc1cc(C)cc(N(c2cc(C)cc(C)c2)c2ccc3c(c2)oc2cc4cc5oc6cc(N(c7cc(C)cc(C)c7)c7cc(C)cc(C)c7)ccc6c5cc4cc23)c1. The second-order valence-corrected chi connectivity index (χ2v) is 16.7. The summed E-state index contributed by atoms with van der Waals surface area (Å²) in [6.45, 7) is 17.3. The molecule has 284 valence electrons. The smallest absolute Gasteiger partial charge is 0.137 e. The minimum Gasteiger partial charge on any atom is -0.456 e. The van der Waals surface area contributed by atoms with Crippen molar-refractivity contribution < 1.29 is 8.83 Å². The van der Waals surface area contributed by atoms with Gasteiger partial charge in [-0.05, 0) is 208 Å². The average molecular weight is 755 g/mol. The summed E-state index contributed by atoms with van der Waals surface area (Å²) >= 11 is 0. The van der Waals surface area contributed by atoms with E-state index in [1.54, 1.807) is 0 Å². The van der Waals surface area contributed by atoms with Crippen molar-refractivity contribution in [3.8, 4) is 0 Å². The highest BCUT2D eigenvalue weighted by Gasteiger charge is 2.20. The van der Waals surface area contributed by atoms with Gasteiger partial charge in [0.1, 0.15) is 22.3 Å². The number of aryl methyl sites for hydroxylation is 8. The van der Waals surface area contributed by atoms with Crippen LogP contribution < -0.4 is 9.80 Å². The Labute approximate surface area is 339 Å². The number of anilines is 6. The van der Waals surface area contributed by atoms with Gasteiger partial charge >= 0.3 is 0 Å². The van der Waals surface area contributed by atoms with Crippen LogP contribution in [0.1, 0.15) is 44.5 Å². The van der Waals surface area contributed by atoms with E-state index in [0.29, 0.717) is 0 Å². The molecule has 0 aliphatic carbocycles. The molecule has 0 aliphatic rings. The molecule has 0 N–H and O–H groups in total. The van der Waals surface area contributed by atoms with Gasteiger partial charge < -0.3 is 18.6 Å². The first-order chi connectivity index (χ1) is 27.9. The third-order valence-corrected chi connectivity index (χ3v) is 11.4. The van der Waals surface area contributed by atoms with Crippen molar-refractivity contribution in [3.05, 3.63) is 178 Å². The molecule has 0 amide bonds. The highest BCUT2D eigenvalue weighted by molar-refractivity contribution is 6.15. The molecular weight excluding hydrogens is 709 g/mol. The molecule has 0 saturated heterocycles. The Morgan fingerprint density at radius 3 is 0.845 bits per heavy atom. The van der Waals surface area contributed by atoms with E-state index in [-0.39, 0.29) is 0 Å². The lowest BCUT2D eigenvalue weighted by Gasteiger charge is -2.27. The zero-order valence-corrected chi connectivity index (χ0v) is 34.4. The molecule has 0 atom stereocenters. The zero-order chi connectivity index (χ0) is 40.0. The molecule has 2 heterocycles. The van der Waals surface area contributed by atoms with Crippen LogP contribution in [0.15, 0.2) is 142 Å². The van der Waals surface area contributed by atoms with Gasteiger partial charge in [0.25, 0.3) is 0 Å². The Morgan fingerprint density at radius 2 is 0.534 bits per heavy atom. The van der Waals surface area contributed by atoms with E-state index in [1.165, 1.54) is 44.5 Å².